The van der Waals surface area contributed by atoms with Crippen molar-refractivity contribution in [3.8, 4) is 0 Å². The van der Waals surface area contributed by atoms with Gasteiger partial charge in [-0.3, -0.25) is 25.7 Å². The average molecular weight is 515 g/mol. The maximum atomic E-state index is 11.7. The molecule has 0 bridgehead atoms. The van der Waals surface area contributed by atoms with Crippen molar-refractivity contribution >= 4 is 34.1 Å². The Balaban J connectivity index is 1.70. The van der Waals surface area contributed by atoms with Gasteiger partial charge in [0.05, 0.1) is 33.0 Å². The topological polar surface area (TPSA) is 141 Å². The van der Waals surface area contributed by atoms with Crippen LogP contribution in [0.1, 0.15) is 12.5 Å². The van der Waals surface area contributed by atoms with Crippen LogP contribution in [0.4, 0.5) is 34.1 Å². The van der Waals surface area contributed by atoms with E-state index in [0.29, 0.717) is 0 Å². The Morgan fingerprint density at radius 2 is 1.24 bits per heavy atom. The van der Waals surface area contributed by atoms with Gasteiger partial charge in [0.15, 0.2) is 0 Å². The first-order chi connectivity index (χ1) is 18.5. The van der Waals surface area contributed by atoms with Gasteiger partial charge in [-0.1, -0.05) is 61.5 Å². The van der Waals surface area contributed by atoms with Gasteiger partial charge in [0, 0.05) is 6.07 Å². The van der Waals surface area contributed by atoms with Crippen LogP contribution in [0.3, 0.4) is 0 Å². The van der Waals surface area contributed by atoms with Gasteiger partial charge in [0.25, 0.3) is 5.69 Å². The first-order valence-electron chi connectivity index (χ1n) is 11.7. The Morgan fingerprint density at radius 1 is 0.684 bits per heavy atom. The lowest BCUT2D eigenvalue weighted by molar-refractivity contribution is -0.393. The number of nitrogens with one attached hydrogen (secondary N) is 4. The molecule has 4 rings (SSSR count). The molecule has 4 aromatic carbocycles. The fourth-order valence-electron chi connectivity index (χ4n) is 3.71. The van der Waals surface area contributed by atoms with Crippen LogP contribution in [0.2, 0.25) is 0 Å². The predicted octanol–water partition coefficient (Wildman–Crippen LogP) is 5.48. The van der Waals surface area contributed by atoms with Gasteiger partial charge < -0.3 is 5.43 Å². The number of nitrogens with zero attached hydrogens (tertiary/aromatic N) is 4. The smallest absolute Gasteiger partial charge is 0.300 e. The Labute approximate surface area is 218 Å². The van der Waals surface area contributed by atoms with E-state index in [0.717, 1.165) is 35.1 Å². The third kappa shape index (κ3) is 6.20. The summed E-state index contributed by atoms with van der Waals surface area (Å²) in [5.74, 6) is 0. The zero-order valence-corrected chi connectivity index (χ0v) is 20.4. The number of rotatable bonds is 12. The van der Waals surface area contributed by atoms with Gasteiger partial charge in [0.2, 0.25) is 0 Å². The minimum absolute atomic E-state index is 0.0300. The number of hydrazine groups is 5. The number of non-ortho nitro benzene ring substituents is 1. The van der Waals surface area contributed by atoms with E-state index in [1.165, 1.54) is 17.4 Å². The lowest BCUT2D eigenvalue weighted by Crippen LogP contribution is -2.60. The molecular formula is C26H26N8O4. The van der Waals surface area contributed by atoms with Gasteiger partial charge >= 0.3 is 5.69 Å². The van der Waals surface area contributed by atoms with Gasteiger partial charge in [0.1, 0.15) is 5.69 Å². The number of anilines is 4. The van der Waals surface area contributed by atoms with E-state index in [9.17, 15) is 20.2 Å². The number of aryl methyl sites for hydroxylation is 1. The zero-order valence-electron chi connectivity index (χ0n) is 20.4. The third-order valence-corrected chi connectivity index (χ3v) is 5.58. The van der Waals surface area contributed by atoms with Crippen molar-refractivity contribution in [1.29, 1.82) is 0 Å². The minimum atomic E-state index is -0.684. The third-order valence-electron chi connectivity index (χ3n) is 5.58. The van der Waals surface area contributed by atoms with Gasteiger partial charge in [-0.25, -0.2) is 5.01 Å². The number of hydrogen-bond donors (Lipinski definition) is 4. The van der Waals surface area contributed by atoms with E-state index in [1.807, 2.05) is 91.9 Å². The number of nitro groups is 2. The highest BCUT2D eigenvalue weighted by atomic mass is 16.6. The lowest BCUT2D eigenvalue weighted by atomic mass is 10.1. The van der Waals surface area contributed by atoms with E-state index in [2.05, 4.69) is 21.9 Å². The fraction of sp³-hybridized carbons (Fsp3) is 0.0769. The maximum absolute atomic E-state index is 11.7. The molecule has 4 N–H and O–H groups in total. The Hall–Kier alpha value is -5.04. The summed E-state index contributed by atoms with van der Waals surface area (Å²) < 4.78 is 0. The molecule has 38 heavy (non-hydrogen) atoms. The summed E-state index contributed by atoms with van der Waals surface area (Å²) in [6.07, 6.45) is 0.798. The molecule has 0 aliphatic heterocycles. The normalized spacial score (nSPS) is 10.7. The minimum Gasteiger partial charge on any atom is -0.305 e. The second-order valence-corrected chi connectivity index (χ2v) is 7.99. The average Bonchev–Trinajstić information content (AvgIpc) is 2.95. The molecule has 194 valence electrons. The summed E-state index contributed by atoms with van der Waals surface area (Å²) >= 11 is 0. The summed E-state index contributed by atoms with van der Waals surface area (Å²) in [7, 11) is 0. The molecule has 0 radical (unpaired) electrons. The van der Waals surface area contributed by atoms with Crippen LogP contribution < -0.4 is 26.9 Å². The van der Waals surface area contributed by atoms with Gasteiger partial charge in [-0.15, -0.1) is 11.1 Å². The van der Waals surface area contributed by atoms with Crippen molar-refractivity contribution in [2.75, 3.05) is 15.9 Å². The molecule has 4 aromatic rings. The quantitative estimate of drug-likeness (QED) is 0.142. The fourth-order valence-corrected chi connectivity index (χ4v) is 3.71. The monoisotopic (exact) mass is 514 g/mol. The molecule has 0 heterocycles. The van der Waals surface area contributed by atoms with E-state index in [4.69, 9.17) is 0 Å². The van der Waals surface area contributed by atoms with Gasteiger partial charge in [-0.2, -0.15) is 0 Å². The molecule has 0 saturated heterocycles. The lowest BCUT2D eigenvalue weighted by Gasteiger charge is -2.36. The van der Waals surface area contributed by atoms with Crippen LogP contribution in [0.5, 0.6) is 0 Å². The molecule has 12 heteroatoms. The first-order valence-corrected chi connectivity index (χ1v) is 11.7. The van der Waals surface area contributed by atoms with Crippen LogP contribution in [-0.4, -0.2) is 15.1 Å². The molecule has 0 aliphatic carbocycles. The summed E-state index contributed by atoms with van der Waals surface area (Å²) in [5.41, 5.74) is 14.7. The molecule has 0 spiro atoms. The van der Waals surface area contributed by atoms with Crippen LogP contribution in [0.25, 0.3) is 0 Å². The Morgan fingerprint density at radius 3 is 1.79 bits per heavy atom. The van der Waals surface area contributed by atoms with E-state index in [-0.39, 0.29) is 11.4 Å². The van der Waals surface area contributed by atoms with Crippen LogP contribution in [-0.2, 0) is 6.42 Å². The van der Waals surface area contributed by atoms with Crippen molar-refractivity contribution in [2.24, 2.45) is 0 Å². The van der Waals surface area contributed by atoms with Crippen molar-refractivity contribution in [3.05, 3.63) is 129 Å². The zero-order chi connectivity index (χ0) is 26.9. The SMILES string of the molecule is CCc1ccccc1NNN(NNc1ccc([N+](=O)[O-])cc1[N+](=O)[O-])N(c1ccccc1)c1ccccc1. The molecule has 0 fully saturated rings. The first kappa shape index (κ1) is 26.0. The number of hydrogen-bond acceptors (Lipinski definition) is 10. The molecule has 0 unspecified atom stereocenters. The highest BCUT2D eigenvalue weighted by Crippen LogP contribution is 2.29. The van der Waals surface area contributed by atoms with Crippen molar-refractivity contribution < 1.29 is 9.85 Å². The Bertz CT molecular complexity index is 1350. The van der Waals surface area contributed by atoms with E-state index < -0.39 is 15.5 Å². The highest BCUT2D eigenvalue weighted by molar-refractivity contribution is 5.65. The van der Waals surface area contributed by atoms with Crippen LogP contribution >= 0.6 is 0 Å². The predicted molar refractivity (Wildman–Crippen MR) is 146 cm³/mol. The molecule has 0 amide bonds. The second kappa shape index (κ2) is 12.3. The highest BCUT2D eigenvalue weighted by Gasteiger charge is 2.23. The van der Waals surface area contributed by atoms with Crippen molar-refractivity contribution in [2.45, 2.75) is 13.3 Å². The molecular weight excluding hydrogens is 488 g/mol. The molecule has 0 aliphatic rings. The molecule has 12 nitrogen and oxygen atoms in total. The van der Waals surface area contributed by atoms with E-state index >= 15 is 0 Å². The van der Waals surface area contributed by atoms with Gasteiger partial charge in [-0.05, 0) is 53.6 Å². The molecule has 0 saturated carbocycles. The van der Waals surface area contributed by atoms with Crippen LogP contribution in [0.15, 0.2) is 103 Å². The standard InChI is InChI=1S/C26H26N8O4/c1-2-20-11-9-10-16-24(20)27-29-34(30-28-25-18-17-23(32(35)36)19-26(25)33(37)38)31(21-12-5-3-6-13-21)22-14-7-4-8-15-22/h3-19,27-30H,2H2,1H3. The number of nitro benzene ring substituents is 2. The Kier molecular flexibility index (Phi) is 8.41. The van der Waals surface area contributed by atoms with Crippen LogP contribution in [0, 0.1) is 20.2 Å². The molecule has 0 atom stereocenters. The number of para-hydroxylation sites is 3. The molecule has 0 aromatic heterocycles. The van der Waals surface area contributed by atoms with Crippen molar-refractivity contribution in [3.63, 3.8) is 0 Å². The summed E-state index contributed by atoms with van der Waals surface area (Å²) in [5, 5.41) is 26.1. The second-order valence-electron chi connectivity index (χ2n) is 7.99. The summed E-state index contributed by atoms with van der Waals surface area (Å²) in [4.78, 5) is 21.4. The summed E-state index contributed by atoms with van der Waals surface area (Å²) in [6.45, 7) is 2.05. The van der Waals surface area contributed by atoms with Crippen molar-refractivity contribution in [1.82, 2.24) is 16.3 Å². The van der Waals surface area contributed by atoms with E-state index in [1.54, 1.807) is 5.01 Å². The number of benzene rings is 4. The summed E-state index contributed by atoms with van der Waals surface area (Å²) in [6, 6.07) is 30.1. The largest absolute Gasteiger partial charge is 0.305 e. The maximum Gasteiger partial charge on any atom is 0.300 e.